The van der Waals surface area contributed by atoms with Crippen molar-refractivity contribution in [1.29, 1.82) is 0 Å². The van der Waals surface area contributed by atoms with Crippen LogP contribution in [0, 0.1) is 10.1 Å². The van der Waals surface area contributed by atoms with Crippen molar-refractivity contribution in [1.82, 2.24) is 9.88 Å². The molecule has 208 valence electrons. The van der Waals surface area contributed by atoms with E-state index in [4.69, 9.17) is 0 Å². The van der Waals surface area contributed by atoms with E-state index in [1.165, 1.54) is 34.4 Å². The Kier molecular flexibility index (Phi) is 8.60. The van der Waals surface area contributed by atoms with Gasteiger partial charge in [-0.15, -0.1) is 0 Å². The molecule has 0 saturated carbocycles. The van der Waals surface area contributed by atoms with Crippen LogP contribution >= 0.6 is 0 Å². The molecule has 0 N–H and O–H groups in total. The van der Waals surface area contributed by atoms with Gasteiger partial charge >= 0.3 is 0 Å². The summed E-state index contributed by atoms with van der Waals surface area (Å²) in [6.07, 6.45) is 5.59. The standard InChI is InChI=1S/C33H32N4O4/c38-24-31-32(30(16-19-34-31)26-12-14-29(15-13-26)37(40)41)36(25-39)21-7-20-35-22-17-33(18-23-35,27-8-3-1-4-9-27)28-10-5-2-6-11-28/h1-6,8-16,19,24-25H,7,17-18,20-23H2. The predicted molar refractivity (Wildman–Crippen MR) is 159 cm³/mol. The van der Waals surface area contributed by atoms with Crippen molar-refractivity contribution in [2.45, 2.75) is 24.7 Å². The zero-order valence-corrected chi connectivity index (χ0v) is 22.8. The Hall–Kier alpha value is -4.69. The van der Waals surface area contributed by atoms with Crippen LogP contribution in [0.5, 0.6) is 0 Å². The molecule has 4 aromatic rings. The van der Waals surface area contributed by atoms with Crippen LogP contribution in [0.2, 0.25) is 0 Å². The van der Waals surface area contributed by atoms with Gasteiger partial charge in [0.2, 0.25) is 6.41 Å². The number of piperidine rings is 1. The van der Waals surface area contributed by atoms with Gasteiger partial charge in [-0.25, -0.2) is 0 Å². The molecular formula is C33H32N4O4. The number of non-ortho nitro benzene ring substituents is 1. The van der Waals surface area contributed by atoms with Crippen molar-refractivity contribution in [3.63, 3.8) is 0 Å². The zero-order valence-electron chi connectivity index (χ0n) is 22.8. The second-order valence-electron chi connectivity index (χ2n) is 10.3. The molecular weight excluding hydrogens is 516 g/mol. The molecule has 2 heterocycles. The Morgan fingerprint density at radius 2 is 1.49 bits per heavy atom. The van der Waals surface area contributed by atoms with Gasteiger partial charge in [-0.1, -0.05) is 60.7 Å². The number of aromatic nitrogens is 1. The molecule has 0 atom stereocenters. The van der Waals surface area contributed by atoms with Crippen molar-refractivity contribution in [2.24, 2.45) is 0 Å². The minimum atomic E-state index is -0.462. The molecule has 1 aliphatic rings. The number of likely N-dealkylation sites (tertiary alicyclic amines) is 1. The third kappa shape index (κ3) is 5.93. The number of amides is 1. The number of hydrogen-bond donors (Lipinski definition) is 0. The van der Waals surface area contributed by atoms with Crippen molar-refractivity contribution < 1.29 is 14.5 Å². The number of hydrogen-bond acceptors (Lipinski definition) is 6. The molecule has 5 rings (SSSR count). The average molecular weight is 549 g/mol. The molecule has 1 aromatic heterocycles. The molecule has 0 unspecified atom stereocenters. The zero-order chi connectivity index (χ0) is 28.7. The number of nitrogens with zero attached hydrogens (tertiary/aromatic N) is 4. The van der Waals surface area contributed by atoms with Gasteiger partial charge in [-0.2, -0.15) is 0 Å². The highest BCUT2D eigenvalue weighted by atomic mass is 16.6. The first-order valence-corrected chi connectivity index (χ1v) is 13.8. The maximum Gasteiger partial charge on any atom is 0.269 e. The van der Waals surface area contributed by atoms with E-state index < -0.39 is 4.92 Å². The number of pyridine rings is 1. The lowest BCUT2D eigenvalue weighted by molar-refractivity contribution is -0.384. The van der Waals surface area contributed by atoms with Gasteiger partial charge < -0.3 is 9.80 Å². The molecule has 3 aromatic carbocycles. The van der Waals surface area contributed by atoms with Crippen molar-refractivity contribution in [3.05, 3.63) is 124 Å². The summed E-state index contributed by atoms with van der Waals surface area (Å²) in [6, 6.07) is 29.2. The minimum absolute atomic E-state index is 0.0257. The molecule has 1 amide bonds. The van der Waals surface area contributed by atoms with Gasteiger partial charge in [0, 0.05) is 35.9 Å². The highest BCUT2D eigenvalue weighted by Crippen LogP contribution is 2.41. The van der Waals surface area contributed by atoms with E-state index in [0.29, 0.717) is 29.6 Å². The third-order valence-electron chi connectivity index (χ3n) is 8.10. The van der Waals surface area contributed by atoms with Crippen LogP contribution in [0.4, 0.5) is 11.4 Å². The lowest BCUT2D eigenvalue weighted by atomic mass is 9.68. The fourth-order valence-corrected chi connectivity index (χ4v) is 5.95. The van der Waals surface area contributed by atoms with Gasteiger partial charge in [0.15, 0.2) is 6.29 Å². The summed E-state index contributed by atoms with van der Waals surface area (Å²) in [5.74, 6) is 0. The van der Waals surface area contributed by atoms with Crippen LogP contribution in [0.1, 0.15) is 40.9 Å². The summed E-state index contributed by atoms with van der Waals surface area (Å²) in [6.45, 7) is 3.10. The molecule has 8 nitrogen and oxygen atoms in total. The van der Waals surface area contributed by atoms with E-state index in [0.717, 1.165) is 45.3 Å². The summed E-state index contributed by atoms with van der Waals surface area (Å²) in [4.78, 5) is 42.9. The van der Waals surface area contributed by atoms with E-state index >= 15 is 0 Å². The Bertz CT molecular complexity index is 1440. The molecule has 0 aliphatic carbocycles. The second-order valence-corrected chi connectivity index (χ2v) is 10.3. The number of carbonyl (C=O) groups excluding carboxylic acids is 2. The topological polar surface area (TPSA) is 96.6 Å². The van der Waals surface area contributed by atoms with Gasteiger partial charge in [0.05, 0.1) is 10.6 Å². The van der Waals surface area contributed by atoms with Gasteiger partial charge in [0.1, 0.15) is 5.69 Å². The van der Waals surface area contributed by atoms with Crippen molar-refractivity contribution in [3.8, 4) is 11.1 Å². The Morgan fingerprint density at radius 1 is 0.878 bits per heavy atom. The highest BCUT2D eigenvalue weighted by Gasteiger charge is 2.37. The predicted octanol–water partition coefficient (Wildman–Crippen LogP) is 5.90. The maximum absolute atomic E-state index is 12.3. The smallest absolute Gasteiger partial charge is 0.269 e. The number of carbonyl (C=O) groups is 2. The third-order valence-corrected chi connectivity index (χ3v) is 8.10. The quantitative estimate of drug-likeness (QED) is 0.131. The number of nitro groups is 1. The summed E-state index contributed by atoms with van der Waals surface area (Å²) in [5.41, 5.74) is 4.48. The Morgan fingerprint density at radius 3 is 2.02 bits per heavy atom. The SMILES string of the molecule is O=Cc1nccc(-c2ccc([N+](=O)[O-])cc2)c1N(C=O)CCCN1CCC(c2ccccc2)(c2ccccc2)CC1. The lowest BCUT2D eigenvalue weighted by Gasteiger charge is -2.43. The van der Waals surface area contributed by atoms with Crippen LogP contribution in [0.15, 0.2) is 97.2 Å². The van der Waals surface area contributed by atoms with E-state index in [1.54, 1.807) is 18.2 Å². The molecule has 8 heteroatoms. The maximum atomic E-state index is 12.3. The molecule has 0 spiro atoms. The number of nitro benzene ring substituents is 1. The first-order valence-electron chi connectivity index (χ1n) is 13.8. The largest absolute Gasteiger partial charge is 0.312 e. The fourth-order valence-electron chi connectivity index (χ4n) is 5.95. The number of rotatable bonds is 11. The summed E-state index contributed by atoms with van der Waals surface area (Å²) in [5, 5.41) is 11.1. The molecule has 1 saturated heterocycles. The van der Waals surface area contributed by atoms with Gasteiger partial charge in [0.25, 0.3) is 5.69 Å². The first-order chi connectivity index (χ1) is 20.1. The van der Waals surface area contributed by atoms with Gasteiger partial charge in [-0.3, -0.25) is 24.7 Å². The van der Waals surface area contributed by atoms with Crippen molar-refractivity contribution >= 4 is 24.1 Å². The monoisotopic (exact) mass is 548 g/mol. The summed E-state index contributed by atoms with van der Waals surface area (Å²) in [7, 11) is 0. The number of anilines is 1. The Labute approximate surface area is 239 Å². The summed E-state index contributed by atoms with van der Waals surface area (Å²) >= 11 is 0. The van der Waals surface area contributed by atoms with E-state index in [9.17, 15) is 19.7 Å². The molecule has 0 radical (unpaired) electrons. The minimum Gasteiger partial charge on any atom is -0.312 e. The molecule has 0 bridgehead atoms. The van der Waals surface area contributed by atoms with Crippen LogP contribution in [0.25, 0.3) is 11.1 Å². The number of aldehydes is 1. The first kappa shape index (κ1) is 27.9. The normalized spacial score (nSPS) is 14.7. The van der Waals surface area contributed by atoms with Crippen LogP contribution in [-0.4, -0.2) is 53.7 Å². The average Bonchev–Trinajstić information content (AvgIpc) is 3.04. The van der Waals surface area contributed by atoms with Crippen LogP contribution in [0.3, 0.4) is 0 Å². The highest BCUT2D eigenvalue weighted by molar-refractivity contribution is 5.96. The van der Waals surface area contributed by atoms with E-state index in [1.807, 2.05) is 0 Å². The van der Waals surface area contributed by atoms with E-state index in [2.05, 4.69) is 70.5 Å². The van der Waals surface area contributed by atoms with Crippen LogP contribution in [-0.2, 0) is 10.2 Å². The van der Waals surface area contributed by atoms with Crippen molar-refractivity contribution in [2.75, 3.05) is 31.1 Å². The van der Waals surface area contributed by atoms with E-state index in [-0.39, 0.29) is 16.8 Å². The lowest BCUT2D eigenvalue weighted by Crippen LogP contribution is -2.44. The molecule has 41 heavy (non-hydrogen) atoms. The molecule has 1 aliphatic heterocycles. The Balaban J connectivity index is 1.28. The molecule has 1 fully saturated rings. The summed E-state index contributed by atoms with van der Waals surface area (Å²) < 4.78 is 0. The number of benzene rings is 3. The second kappa shape index (κ2) is 12.7. The fraction of sp³-hybridized carbons (Fsp3) is 0.242. The van der Waals surface area contributed by atoms with Crippen LogP contribution < -0.4 is 4.90 Å². The van der Waals surface area contributed by atoms with Gasteiger partial charge in [-0.05, 0) is 73.8 Å².